The molecule has 1 spiro atoms. The van der Waals surface area contributed by atoms with Gasteiger partial charge in [-0.25, -0.2) is 0 Å². The lowest BCUT2D eigenvalue weighted by atomic mass is 9.90. The van der Waals surface area contributed by atoms with Crippen molar-refractivity contribution in [3.05, 3.63) is 28.2 Å². The van der Waals surface area contributed by atoms with E-state index in [1.165, 1.54) is 12.8 Å². The van der Waals surface area contributed by atoms with Crippen LogP contribution in [0, 0.1) is 5.41 Å². The number of aliphatic hydroxyl groups is 1. The van der Waals surface area contributed by atoms with Gasteiger partial charge in [-0.3, -0.25) is 9.69 Å². The molecule has 1 aliphatic heterocycles. The number of benzene rings is 1. The highest BCUT2D eigenvalue weighted by molar-refractivity contribution is 6.73. The maximum Gasteiger partial charge on any atom is 0.245 e. The predicted octanol–water partition coefficient (Wildman–Crippen LogP) is 5.48. The number of aliphatic hydroxyl groups excluding tert-OH is 1. The van der Waals surface area contributed by atoms with E-state index in [-0.39, 0.29) is 25.1 Å². The van der Waals surface area contributed by atoms with Crippen molar-refractivity contribution in [1.82, 2.24) is 9.80 Å². The number of nitrogens with one attached hydrogen (secondary N) is 1. The molecule has 8 nitrogen and oxygen atoms in total. The number of hydrogen-bond acceptors (Lipinski definition) is 7. The van der Waals surface area contributed by atoms with Crippen molar-refractivity contribution in [2.75, 3.05) is 52.3 Å². The number of hydrogen-bond donors (Lipinski definition) is 2. The monoisotopic (exact) mass is 617 g/mol. The number of methoxy groups -OCH3 is 2. The molecule has 1 aliphatic carbocycles. The summed E-state index contributed by atoms with van der Waals surface area (Å²) in [6.07, 6.45) is 2.50. The Morgan fingerprint density at radius 1 is 1.12 bits per heavy atom. The minimum Gasteiger partial charge on any atom is -0.412 e. The largest absolute Gasteiger partial charge is 0.412 e. The van der Waals surface area contributed by atoms with Crippen LogP contribution in [-0.4, -0.2) is 101 Å². The van der Waals surface area contributed by atoms with Gasteiger partial charge in [0, 0.05) is 39.5 Å². The van der Waals surface area contributed by atoms with Crippen LogP contribution in [0.25, 0.3) is 0 Å². The van der Waals surface area contributed by atoms with Gasteiger partial charge in [0.2, 0.25) is 5.91 Å². The minimum absolute atomic E-state index is 0.167. The number of ether oxygens (including phenoxy) is 2. The molecule has 2 N–H and O–H groups in total. The molecule has 0 aromatic heterocycles. The molecular formula is C29H49Cl2N3O5Si. The van der Waals surface area contributed by atoms with Gasteiger partial charge in [0.1, 0.15) is 6.04 Å². The van der Waals surface area contributed by atoms with Crippen LogP contribution in [0.15, 0.2) is 18.2 Å². The zero-order chi connectivity index (χ0) is 29.5. The molecule has 1 unspecified atom stereocenters. The summed E-state index contributed by atoms with van der Waals surface area (Å²) in [4.78, 5) is 17.5. The van der Waals surface area contributed by atoms with Gasteiger partial charge >= 0.3 is 0 Å². The quantitative estimate of drug-likeness (QED) is 0.188. The van der Waals surface area contributed by atoms with Gasteiger partial charge in [0.05, 0.1) is 28.8 Å². The van der Waals surface area contributed by atoms with E-state index in [9.17, 15) is 9.90 Å². The fraction of sp³-hybridized carbons (Fsp3) is 0.759. The zero-order valence-electron chi connectivity index (χ0n) is 25.1. The van der Waals surface area contributed by atoms with E-state index < -0.39 is 26.8 Å². The molecule has 1 saturated heterocycles. The van der Waals surface area contributed by atoms with E-state index in [0.29, 0.717) is 27.7 Å². The Balaban J connectivity index is 1.65. The third kappa shape index (κ3) is 8.57. The number of amides is 1. The molecule has 3 rings (SSSR count). The second kappa shape index (κ2) is 15.0. The number of carbonyl (C=O) groups is 1. The molecule has 3 atom stereocenters. The van der Waals surface area contributed by atoms with Gasteiger partial charge < -0.3 is 29.2 Å². The van der Waals surface area contributed by atoms with Gasteiger partial charge in [-0.1, -0.05) is 44.0 Å². The number of piperidine rings is 1. The van der Waals surface area contributed by atoms with E-state index in [4.69, 9.17) is 37.1 Å². The lowest BCUT2D eigenvalue weighted by molar-refractivity contribution is -0.148. The molecule has 2 fully saturated rings. The summed E-state index contributed by atoms with van der Waals surface area (Å²) >= 11 is 12.2. The highest BCUT2D eigenvalue weighted by atomic mass is 35.5. The number of halogens is 2. The van der Waals surface area contributed by atoms with Crippen LogP contribution < -0.4 is 5.32 Å². The number of anilines is 1. The Bertz CT molecular complexity index is 953. The second-order valence-electron chi connectivity index (χ2n) is 11.5. The summed E-state index contributed by atoms with van der Waals surface area (Å²) in [6, 6.07) is 8.00. The van der Waals surface area contributed by atoms with Crippen molar-refractivity contribution in [2.24, 2.45) is 5.41 Å². The molecule has 0 bridgehead atoms. The summed E-state index contributed by atoms with van der Waals surface area (Å²) in [5.74, 6) is -0.175. The Morgan fingerprint density at radius 2 is 1.77 bits per heavy atom. The summed E-state index contributed by atoms with van der Waals surface area (Å²) in [5.41, 5.74) is 1.02. The van der Waals surface area contributed by atoms with Crippen molar-refractivity contribution >= 4 is 43.1 Å². The fourth-order valence-electron chi connectivity index (χ4n) is 5.89. The minimum atomic E-state index is -1.74. The Morgan fingerprint density at radius 3 is 2.33 bits per heavy atom. The second-order valence-corrected chi connectivity index (χ2v) is 17.1. The topological polar surface area (TPSA) is 83.5 Å². The first-order chi connectivity index (χ1) is 19.0. The van der Waals surface area contributed by atoms with Crippen LogP contribution in [-0.2, 0) is 18.7 Å². The number of β-amino-alcohol motifs (C(OH)–C–C–N with tert-alkyl or cyclic N) is 1. The highest BCUT2D eigenvalue weighted by Gasteiger charge is 2.54. The van der Waals surface area contributed by atoms with Crippen LogP contribution in [0.4, 0.5) is 5.69 Å². The SMILES string of the molecule is CC[Si](CC)(CC)O[C@@H]1CN(C[C@@H](O)CN(CC(OC)OC)C(=O)C(C)Nc2ccc(Cl)c(Cl)c2)CCC12CC2. The van der Waals surface area contributed by atoms with Crippen LogP contribution in [0.1, 0.15) is 47.0 Å². The van der Waals surface area contributed by atoms with Crippen LogP contribution in [0.5, 0.6) is 0 Å². The average molecular weight is 619 g/mol. The molecule has 1 aromatic carbocycles. The molecule has 1 aromatic rings. The van der Waals surface area contributed by atoms with Gasteiger partial charge in [-0.2, -0.15) is 0 Å². The van der Waals surface area contributed by atoms with Crippen LogP contribution in [0.2, 0.25) is 28.2 Å². The van der Waals surface area contributed by atoms with Gasteiger partial charge in [0.15, 0.2) is 14.6 Å². The molecule has 1 heterocycles. The number of carbonyl (C=O) groups excluding carboxylic acids is 1. The van der Waals surface area contributed by atoms with Crippen molar-refractivity contribution in [2.45, 2.75) is 89.6 Å². The summed E-state index contributed by atoms with van der Waals surface area (Å²) < 4.78 is 17.8. The number of nitrogens with zero attached hydrogens (tertiary/aromatic N) is 2. The maximum atomic E-state index is 13.5. The standard InChI is InChI=1S/C29H49Cl2N3O5Si/c1-7-40(8-2,9-3)39-26-19-33(15-14-29(26)12-13-29)17-23(35)18-34(20-27(37-5)38-6)28(36)21(4)32-22-10-11-24(30)25(31)16-22/h10-11,16,21,23,26-27,32,35H,7-9,12-15,17-20H2,1-6H3/t21?,23-,26-/m1/s1. The third-order valence-corrected chi connectivity index (χ3v) is 14.4. The normalized spacial score (nSPS) is 20.5. The number of rotatable bonds is 16. The molecule has 11 heteroatoms. The van der Waals surface area contributed by atoms with Gasteiger partial charge in [-0.05, 0) is 74.5 Å². The van der Waals surface area contributed by atoms with Gasteiger partial charge in [-0.15, -0.1) is 0 Å². The first-order valence-electron chi connectivity index (χ1n) is 14.7. The predicted molar refractivity (Wildman–Crippen MR) is 165 cm³/mol. The zero-order valence-corrected chi connectivity index (χ0v) is 27.6. The maximum absolute atomic E-state index is 13.5. The Labute approximate surface area is 251 Å². The Hall–Kier alpha value is -0.913. The highest BCUT2D eigenvalue weighted by Crippen LogP contribution is 2.55. The van der Waals surface area contributed by atoms with E-state index in [0.717, 1.165) is 37.6 Å². The van der Waals surface area contributed by atoms with Gasteiger partial charge in [0.25, 0.3) is 0 Å². The van der Waals surface area contributed by atoms with Crippen LogP contribution >= 0.6 is 23.2 Å². The molecule has 40 heavy (non-hydrogen) atoms. The molecule has 0 radical (unpaired) electrons. The average Bonchev–Trinajstić information content (AvgIpc) is 3.73. The molecular weight excluding hydrogens is 569 g/mol. The molecule has 2 aliphatic rings. The van der Waals surface area contributed by atoms with Crippen molar-refractivity contribution in [1.29, 1.82) is 0 Å². The third-order valence-electron chi connectivity index (χ3n) is 9.03. The first kappa shape index (κ1) is 33.6. The lowest BCUT2D eigenvalue weighted by Gasteiger charge is -2.44. The number of likely N-dealkylation sites (tertiary alicyclic amines) is 1. The molecule has 228 valence electrons. The molecule has 1 amide bonds. The van der Waals surface area contributed by atoms with E-state index in [1.807, 2.05) is 0 Å². The smallest absolute Gasteiger partial charge is 0.245 e. The Kier molecular flexibility index (Phi) is 12.6. The van der Waals surface area contributed by atoms with Crippen molar-refractivity contribution in [3.8, 4) is 0 Å². The first-order valence-corrected chi connectivity index (χ1v) is 18.0. The fourth-order valence-corrected chi connectivity index (χ4v) is 9.11. The lowest BCUT2D eigenvalue weighted by Crippen LogP contribution is -2.54. The van der Waals surface area contributed by atoms with Crippen molar-refractivity contribution in [3.63, 3.8) is 0 Å². The van der Waals surface area contributed by atoms with E-state index in [2.05, 4.69) is 31.0 Å². The van der Waals surface area contributed by atoms with Crippen LogP contribution in [0.3, 0.4) is 0 Å². The molecule has 1 saturated carbocycles. The summed E-state index contributed by atoms with van der Waals surface area (Å²) in [5, 5.41) is 15.3. The van der Waals surface area contributed by atoms with E-state index in [1.54, 1.807) is 44.2 Å². The van der Waals surface area contributed by atoms with Crippen molar-refractivity contribution < 1.29 is 23.8 Å². The summed E-state index contributed by atoms with van der Waals surface area (Å²) in [7, 11) is 1.35. The van der Waals surface area contributed by atoms with E-state index >= 15 is 0 Å². The summed E-state index contributed by atoms with van der Waals surface area (Å²) in [6.45, 7) is 11.2.